The van der Waals surface area contributed by atoms with E-state index in [1.165, 1.54) is 6.07 Å². The molecule has 0 saturated carbocycles. The van der Waals surface area contributed by atoms with Gasteiger partial charge in [0, 0.05) is 49.5 Å². The van der Waals surface area contributed by atoms with Gasteiger partial charge in [-0.2, -0.15) is 13.2 Å². The predicted molar refractivity (Wildman–Crippen MR) is 103 cm³/mol. The molecule has 0 aromatic heterocycles. The lowest BCUT2D eigenvalue weighted by Gasteiger charge is -2.36. The Balaban J connectivity index is 1.42. The highest BCUT2D eigenvalue weighted by Gasteiger charge is 2.31. The molecule has 1 fully saturated rings. The number of piperazine rings is 1. The van der Waals surface area contributed by atoms with Crippen molar-refractivity contribution in [2.24, 2.45) is 0 Å². The van der Waals surface area contributed by atoms with Crippen LogP contribution < -0.4 is 10.2 Å². The maximum absolute atomic E-state index is 12.9. The summed E-state index contributed by atoms with van der Waals surface area (Å²) in [6.45, 7) is 1.80. The fourth-order valence-electron chi connectivity index (χ4n) is 3.75. The summed E-state index contributed by atoms with van der Waals surface area (Å²) >= 11 is 0. The van der Waals surface area contributed by atoms with Gasteiger partial charge in [-0.15, -0.1) is 0 Å². The molecule has 0 aliphatic carbocycles. The number of nitrogens with one attached hydrogen (secondary N) is 1. The van der Waals surface area contributed by atoms with Crippen molar-refractivity contribution < 1.29 is 22.8 Å². The highest BCUT2D eigenvalue weighted by atomic mass is 19.4. The van der Waals surface area contributed by atoms with Crippen LogP contribution in [0.2, 0.25) is 0 Å². The Bertz CT molecular complexity index is 950. The van der Waals surface area contributed by atoms with E-state index >= 15 is 0 Å². The normalized spacial score (nSPS) is 17.0. The van der Waals surface area contributed by atoms with Crippen LogP contribution in [0.1, 0.15) is 27.9 Å². The van der Waals surface area contributed by atoms with Crippen LogP contribution >= 0.6 is 0 Å². The summed E-state index contributed by atoms with van der Waals surface area (Å²) in [7, 11) is 0. The average molecular weight is 403 g/mol. The number of anilines is 2. The van der Waals surface area contributed by atoms with Gasteiger partial charge in [0.2, 0.25) is 5.91 Å². The van der Waals surface area contributed by atoms with Gasteiger partial charge in [0.05, 0.1) is 5.56 Å². The third kappa shape index (κ3) is 4.06. The van der Waals surface area contributed by atoms with E-state index in [0.717, 1.165) is 23.4 Å². The molecule has 2 amide bonds. The average Bonchev–Trinajstić information content (AvgIpc) is 2.72. The lowest BCUT2D eigenvalue weighted by Crippen LogP contribution is -2.48. The van der Waals surface area contributed by atoms with Crippen LogP contribution in [0.15, 0.2) is 42.5 Å². The lowest BCUT2D eigenvalue weighted by atomic mass is 10.00. The van der Waals surface area contributed by atoms with Gasteiger partial charge >= 0.3 is 6.18 Å². The molecule has 152 valence electrons. The molecule has 29 heavy (non-hydrogen) atoms. The monoisotopic (exact) mass is 403 g/mol. The van der Waals surface area contributed by atoms with Gasteiger partial charge in [-0.05, 0) is 48.4 Å². The summed E-state index contributed by atoms with van der Waals surface area (Å²) in [5, 5.41) is 2.79. The smallest absolute Gasteiger partial charge is 0.368 e. The number of carbonyl (C=O) groups excluding carboxylic acids is 2. The zero-order valence-corrected chi connectivity index (χ0v) is 15.6. The van der Waals surface area contributed by atoms with Gasteiger partial charge in [0.25, 0.3) is 5.91 Å². The molecule has 2 aliphatic rings. The summed E-state index contributed by atoms with van der Waals surface area (Å²) < 4.78 is 38.8. The van der Waals surface area contributed by atoms with E-state index in [-0.39, 0.29) is 11.8 Å². The van der Waals surface area contributed by atoms with Crippen LogP contribution in [0, 0.1) is 0 Å². The minimum absolute atomic E-state index is 0.0257. The summed E-state index contributed by atoms with van der Waals surface area (Å²) in [6, 6.07) is 10.5. The topological polar surface area (TPSA) is 52.7 Å². The minimum atomic E-state index is -4.38. The maximum atomic E-state index is 12.9. The van der Waals surface area contributed by atoms with Crippen molar-refractivity contribution in [3.63, 3.8) is 0 Å². The second-order valence-electron chi connectivity index (χ2n) is 7.25. The van der Waals surface area contributed by atoms with Crippen molar-refractivity contribution in [3.8, 4) is 0 Å². The number of amides is 2. The van der Waals surface area contributed by atoms with E-state index < -0.39 is 11.7 Å². The fraction of sp³-hybridized carbons (Fsp3) is 0.333. The number of benzene rings is 2. The molecule has 1 saturated heterocycles. The molecule has 2 aliphatic heterocycles. The summed E-state index contributed by atoms with van der Waals surface area (Å²) in [4.78, 5) is 27.9. The Hall–Kier alpha value is -3.03. The van der Waals surface area contributed by atoms with Crippen LogP contribution in [-0.4, -0.2) is 42.9 Å². The van der Waals surface area contributed by atoms with Gasteiger partial charge in [-0.25, -0.2) is 0 Å². The number of alkyl halides is 3. The molecule has 4 rings (SSSR count). The number of rotatable bonds is 2. The van der Waals surface area contributed by atoms with Gasteiger partial charge < -0.3 is 15.1 Å². The van der Waals surface area contributed by atoms with Crippen LogP contribution in [0.4, 0.5) is 24.5 Å². The quantitative estimate of drug-likeness (QED) is 0.835. The van der Waals surface area contributed by atoms with Gasteiger partial charge in [0.15, 0.2) is 0 Å². The van der Waals surface area contributed by atoms with Crippen LogP contribution in [0.25, 0.3) is 0 Å². The molecule has 0 radical (unpaired) electrons. The minimum Gasteiger partial charge on any atom is -0.368 e. The molecule has 2 aromatic rings. The first-order valence-corrected chi connectivity index (χ1v) is 9.45. The summed E-state index contributed by atoms with van der Waals surface area (Å²) in [5.41, 5.74) is 2.09. The van der Waals surface area contributed by atoms with Crippen molar-refractivity contribution >= 4 is 23.2 Å². The van der Waals surface area contributed by atoms with E-state index in [0.29, 0.717) is 50.3 Å². The predicted octanol–water partition coefficient (Wildman–Crippen LogP) is 3.55. The van der Waals surface area contributed by atoms with E-state index in [9.17, 15) is 22.8 Å². The Morgan fingerprint density at radius 3 is 2.45 bits per heavy atom. The second kappa shape index (κ2) is 7.42. The first kappa shape index (κ1) is 19.3. The van der Waals surface area contributed by atoms with Crippen molar-refractivity contribution in [1.29, 1.82) is 0 Å². The van der Waals surface area contributed by atoms with Gasteiger partial charge in [-0.1, -0.05) is 6.07 Å². The number of halogens is 3. The number of aryl methyl sites for hydroxylation is 1. The molecule has 0 unspecified atom stereocenters. The molecule has 2 heterocycles. The number of hydrogen-bond donors (Lipinski definition) is 1. The number of nitrogens with zero attached hydrogens (tertiary/aromatic N) is 2. The molecule has 8 heteroatoms. The van der Waals surface area contributed by atoms with Crippen molar-refractivity contribution in [1.82, 2.24) is 4.90 Å². The van der Waals surface area contributed by atoms with Crippen molar-refractivity contribution in [3.05, 3.63) is 59.2 Å². The standard InChI is InChI=1S/C21H20F3N3O2/c22-21(23,24)16-2-1-3-17(13-16)26-8-10-27(11-9-26)20(29)15-4-6-18-14(12-15)5-7-19(28)25-18/h1-4,6,12-13H,5,7-11H2,(H,25,28). The Labute approximate surface area is 166 Å². The Kier molecular flexibility index (Phi) is 4.94. The molecular weight excluding hydrogens is 383 g/mol. The number of hydrogen-bond acceptors (Lipinski definition) is 3. The maximum Gasteiger partial charge on any atom is 0.416 e. The first-order valence-electron chi connectivity index (χ1n) is 9.45. The van der Waals surface area contributed by atoms with Crippen LogP contribution in [0.3, 0.4) is 0 Å². The van der Waals surface area contributed by atoms with Crippen LogP contribution in [-0.2, 0) is 17.4 Å². The third-order valence-corrected chi connectivity index (χ3v) is 5.35. The van der Waals surface area contributed by atoms with E-state index in [4.69, 9.17) is 0 Å². The SMILES string of the molecule is O=C1CCc2cc(C(=O)N3CCN(c4cccc(C(F)(F)F)c4)CC3)ccc2N1. The Morgan fingerprint density at radius 1 is 0.966 bits per heavy atom. The van der Waals surface area contributed by atoms with E-state index in [2.05, 4.69) is 5.32 Å². The summed E-state index contributed by atoms with van der Waals surface area (Å²) in [5.74, 6) is -0.129. The van der Waals surface area contributed by atoms with Gasteiger partial charge in [0.1, 0.15) is 0 Å². The van der Waals surface area contributed by atoms with Gasteiger partial charge in [-0.3, -0.25) is 9.59 Å². The molecule has 0 atom stereocenters. The van der Waals surface area contributed by atoms with E-state index in [1.807, 2.05) is 11.0 Å². The molecular formula is C21H20F3N3O2. The number of fused-ring (bicyclic) bond motifs is 1. The highest BCUT2D eigenvalue weighted by molar-refractivity contribution is 5.98. The van der Waals surface area contributed by atoms with Crippen molar-refractivity contribution in [2.45, 2.75) is 19.0 Å². The third-order valence-electron chi connectivity index (χ3n) is 5.35. The molecule has 0 bridgehead atoms. The zero-order valence-electron chi connectivity index (χ0n) is 15.6. The molecule has 1 N–H and O–H groups in total. The molecule has 5 nitrogen and oxygen atoms in total. The fourth-order valence-corrected chi connectivity index (χ4v) is 3.75. The highest BCUT2D eigenvalue weighted by Crippen LogP contribution is 2.32. The second-order valence-corrected chi connectivity index (χ2v) is 7.25. The van der Waals surface area contributed by atoms with Crippen LogP contribution in [0.5, 0.6) is 0 Å². The number of carbonyl (C=O) groups is 2. The lowest BCUT2D eigenvalue weighted by molar-refractivity contribution is -0.137. The summed E-state index contributed by atoms with van der Waals surface area (Å²) in [6.07, 6.45) is -3.37. The largest absolute Gasteiger partial charge is 0.416 e. The molecule has 0 spiro atoms. The first-order chi connectivity index (χ1) is 13.8. The van der Waals surface area contributed by atoms with E-state index in [1.54, 1.807) is 23.1 Å². The molecule has 2 aromatic carbocycles. The van der Waals surface area contributed by atoms with Crippen molar-refractivity contribution in [2.75, 3.05) is 36.4 Å². The zero-order chi connectivity index (χ0) is 20.6. The Morgan fingerprint density at radius 2 is 1.72 bits per heavy atom.